The van der Waals surface area contributed by atoms with E-state index in [1.165, 1.54) is 29.2 Å². The smallest absolute Gasteiger partial charge is 0.387 e. The van der Waals surface area contributed by atoms with Crippen molar-refractivity contribution >= 4 is 38.3 Å². The van der Waals surface area contributed by atoms with Gasteiger partial charge in [0.1, 0.15) is 47.9 Å². The minimum Gasteiger partial charge on any atom is -0.387 e. The Morgan fingerprint density at radius 3 is 2.48 bits per heavy atom. The molecule has 21 nitrogen and oxygen atoms in total. The number of aliphatic hydroxyl groups is 4. The first-order valence-corrected chi connectivity index (χ1v) is 15.7. The van der Waals surface area contributed by atoms with Crippen molar-refractivity contribution in [1.82, 2.24) is 19.5 Å². The Bertz CT molecular complexity index is 1640. The van der Waals surface area contributed by atoms with Crippen LogP contribution >= 0.6 is 15.4 Å². The number of imidazole rings is 1. The maximum absolute atomic E-state index is 13.4. The number of anilines is 1. The molecule has 2 aliphatic rings. The summed E-state index contributed by atoms with van der Waals surface area (Å²) in [5.41, 5.74) is 11.3. The van der Waals surface area contributed by atoms with E-state index in [1.807, 2.05) is 0 Å². The van der Waals surface area contributed by atoms with E-state index in [0.717, 1.165) is 17.1 Å². The number of primary amides is 1. The van der Waals surface area contributed by atoms with Crippen molar-refractivity contribution in [2.45, 2.75) is 54.9 Å². The molecule has 23 heteroatoms. The molecule has 5 rings (SSSR count). The van der Waals surface area contributed by atoms with E-state index in [4.69, 9.17) is 25.5 Å². The van der Waals surface area contributed by atoms with Gasteiger partial charge in [0.15, 0.2) is 42.0 Å². The van der Waals surface area contributed by atoms with Crippen LogP contribution in [0.15, 0.2) is 37.2 Å². The lowest BCUT2D eigenvalue weighted by atomic mass is 10.1. The van der Waals surface area contributed by atoms with Crippen LogP contribution in [0.1, 0.15) is 22.8 Å². The zero-order valence-corrected chi connectivity index (χ0v) is 23.9. The molecule has 2 unspecified atom stereocenters. The third-order valence-electron chi connectivity index (χ3n) is 6.95. The average Bonchev–Trinajstić information content (AvgIpc) is 3.60. The molecular weight excluding hydrogens is 636 g/mol. The number of ether oxygens (including phenoxy) is 2. The van der Waals surface area contributed by atoms with Gasteiger partial charge >= 0.3 is 15.4 Å². The number of pyridine rings is 1. The van der Waals surface area contributed by atoms with E-state index in [-0.39, 0.29) is 22.5 Å². The van der Waals surface area contributed by atoms with Crippen molar-refractivity contribution in [1.29, 1.82) is 0 Å². The number of aliphatic hydroxyl groups excluding tert-OH is 4. The first kappa shape index (κ1) is 32.4. The van der Waals surface area contributed by atoms with Gasteiger partial charge in [-0.1, -0.05) is 0 Å². The van der Waals surface area contributed by atoms with E-state index in [1.54, 1.807) is 0 Å². The Kier molecular flexibility index (Phi) is 8.88. The van der Waals surface area contributed by atoms with Gasteiger partial charge < -0.3 is 60.6 Å². The lowest BCUT2D eigenvalue weighted by molar-refractivity contribution is -0.766. The second kappa shape index (κ2) is 12.1. The molecule has 0 saturated carbocycles. The molecule has 0 spiro atoms. The van der Waals surface area contributed by atoms with Gasteiger partial charge in [0.2, 0.25) is 0 Å². The summed E-state index contributed by atoms with van der Waals surface area (Å²) in [4.78, 5) is 53.1. The normalized spacial score (nSPS) is 31.2. The fourth-order valence-corrected chi connectivity index (χ4v) is 7.19. The van der Waals surface area contributed by atoms with Crippen molar-refractivity contribution in [2.75, 3.05) is 12.3 Å². The molecule has 3 aromatic rings. The van der Waals surface area contributed by atoms with Crippen LogP contribution in [0, 0.1) is 0 Å². The molecule has 44 heavy (non-hydrogen) atoms. The largest absolute Gasteiger partial charge is 0.470 e. The Balaban J connectivity index is 1.35. The zero-order chi connectivity index (χ0) is 32.1. The highest BCUT2D eigenvalue weighted by Crippen LogP contribution is 2.57. The van der Waals surface area contributed by atoms with Crippen LogP contribution in [0.4, 0.5) is 5.82 Å². The molecule has 0 bridgehead atoms. The highest BCUT2D eigenvalue weighted by Gasteiger charge is 2.58. The number of aromatic nitrogens is 5. The topological polar surface area (TPSA) is 329 Å². The number of hydrogen-bond acceptors (Lipinski definition) is 15. The van der Waals surface area contributed by atoms with Gasteiger partial charge in [-0.25, -0.2) is 19.5 Å². The molecule has 240 valence electrons. The summed E-state index contributed by atoms with van der Waals surface area (Å²) in [7, 11) is -11.0. The van der Waals surface area contributed by atoms with Gasteiger partial charge in [-0.15, -0.1) is 0 Å². The van der Waals surface area contributed by atoms with Gasteiger partial charge in [0, 0.05) is 6.07 Å². The Morgan fingerprint density at radius 1 is 1.07 bits per heavy atom. The van der Waals surface area contributed by atoms with E-state index < -0.39 is 82.9 Å². The van der Waals surface area contributed by atoms with Crippen LogP contribution < -0.4 is 16.0 Å². The van der Waals surface area contributed by atoms with Crippen molar-refractivity contribution < 1.29 is 72.1 Å². The van der Waals surface area contributed by atoms with Gasteiger partial charge in [-0.3, -0.25) is 18.5 Å². The van der Waals surface area contributed by atoms with Crippen molar-refractivity contribution in [3.63, 3.8) is 0 Å². The molecule has 2 saturated heterocycles. The number of nitrogen functional groups attached to an aromatic ring is 1. The molecule has 2 aliphatic heterocycles. The molecule has 0 aliphatic carbocycles. The van der Waals surface area contributed by atoms with E-state index in [9.17, 15) is 49.0 Å². The number of phosphoric ester groups is 1. The summed E-state index contributed by atoms with van der Waals surface area (Å²) in [6.45, 7) is -0.947. The quantitative estimate of drug-likeness (QED) is 0.0745. The fourth-order valence-electron chi connectivity index (χ4n) is 4.82. The van der Waals surface area contributed by atoms with Crippen LogP contribution in [-0.4, -0.2) is 110 Å². The monoisotopic (exact) mass is 664 g/mol. The van der Waals surface area contributed by atoms with Crippen LogP contribution in [0.25, 0.3) is 11.2 Å². The lowest BCUT2D eigenvalue weighted by Crippen LogP contribution is -2.46. The first-order valence-electron chi connectivity index (χ1n) is 12.6. The second-order valence-electron chi connectivity index (χ2n) is 9.85. The highest BCUT2D eigenvalue weighted by molar-refractivity contribution is 7.54. The molecule has 11 N–H and O–H groups in total. The summed E-state index contributed by atoms with van der Waals surface area (Å²) < 4.78 is 48.1. The third kappa shape index (κ3) is 6.24. The predicted molar refractivity (Wildman–Crippen MR) is 139 cm³/mol. The second-order valence-corrected chi connectivity index (χ2v) is 12.9. The summed E-state index contributed by atoms with van der Waals surface area (Å²) in [6, 6.07) is 2.69. The number of hydrogen-bond donors (Lipinski definition) is 9. The van der Waals surface area contributed by atoms with E-state index in [2.05, 4.69) is 19.5 Å². The van der Waals surface area contributed by atoms with Crippen molar-refractivity contribution in [3.8, 4) is 0 Å². The van der Waals surface area contributed by atoms with Crippen molar-refractivity contribution in [3.05, 3.63) is 42.7 Å². The SMILES string of the molecule is NC(=O)c1ccc[n+]([C@@H]2O[C@@H](C(OP(=O)(O)O)P(=O)(O)OC[C@H]3O[C@@H](n4cnc5c(N)ncnc54)[C@H](O)[C@@H]3O)[C@@H](O)[C@H]2O)c1. The number of carbonyl (C=O) groups is 1. The molecule has 3 aromatic heterocycles. The van der Waals surface area contributed by atoms with Gasteiger partial charge in [0.25, 0.3) is 12.1 Å². The predicted octanol–water partition coefficient (Wildman–Crippen LogP) is -3.63. The highest BCUT2D eigenvalue weighted by atomic mass is 31.2. The average molecular weight is 664 g/mol. The Labute approximate surface area is 246 Å². The van der Waals surface area contributed by atoms with Crippen LogP contribution in [0.3, 0.4) is 0 Å². The van der Waals surface area contributed by atoms with Crippen LogP contribution in [0.5, 0.6) is 0 Å². The van der Waals surface area contributed by atoms with Gasteiger partial charge in [0.05, 0.1) is 12.9 Å². The minimum absolute atomic E-state index is 0.0293. The van der Waals surface area contributed by atoms with Gasteiger partial charge in [-0.2, -0.15) is 4.57 Å². The van der Waals surface area contributed by atoms with Gasteiger partial charge in [-0.05, 0) is 6.07 Å². The summed E-state index contributed by atoms with van der Waals surface area (Å²) in [5, 5.41) is 42.5. The van der Waals surface area contributed by atoms with Crippen LogP contribution in [-0.2, 0) is 27.7 Å². The number of phosphoric acid groups is 1. The lowest BCUT2D eigenvalue weighted by Gasteiger charge is -2.29. The molecule has 10 atom stereocenters. The Morgan fingerprint density at radius 2 is 1.80 bits per heavy atom. The summed E-state index contributed by atoms with van der Waals surface area (Å²) >= 11 is 0. The van der Waals surface area contributed by atoms with Crippen LogP contribution in [0.2, 0.25) is 0 Å². The number of fused-ring (bicyclic) bond motifs is 1. The van der Waals surface area contributed by atoms with Crippen molar-refractivity contribution in [2.24, 2.45) is 5.73 Å². The molecule has 0 radical (unpaired) electrons. The maximum Gasteiger partial charge on any atom is 0.470 e. The molecular formula is C21H28N7O14P2+. The molecule has 1 amide bonds. The van der Waals surface area contributed by atoms with E-state index in [0.29, 0.717) is 0 Å². The minimum atomic E-state index is -5.58. The summed E-state index contributed by atoms with van der Waals surface area (Å²) in [5.74, 6) is -3.42. The first-order chi connectivity index (χ1) is 20.6. The number of carbonyl (C=O) groups excluding carboxylic acids is 1. The zero-order valence-electron chi connectivity index (χ0n) is 22.1. The van der Waals surface area contributed by atoms with E-state index >= 15 is 0 Å². The standard InChI is InChI=1S/C21H27N7O14P2/c22-16-10-18(25-6-24-16)28(7-26-10)20-13(31)11(29)9(40-20)5-39-43(34,35)21(42-44(36,37)38)15-12(30)14(32)19(41-15)27-3-1-2-8(4-27)17(23)33/h1-4,6-7,9,11-15,19-21,29-32H,5H2,(H6-,22,23,24,25,33,34,35,36,37,38)/p+1/t9-,11-,12+,13-,14-,15-,19-,20-,21?/m1/s1. The molecule has 5 heterocycles. The number of amides is 1. The fraction of sp³-hybridized carbons (Fsp3) is 0.476. The Hall–Kier alpha value is -3.01. The number of nitrogens with zero attached hydrogens (tertiary/aromatic N) is 5. The summed E-state index contributed by atoms with van der Waals surface area (Å²) in [6.07, 6.45) is -8.98. The third-order valence-corrected chi connectivity index (χ3v) is 9.18. The number of rotatable bonds is 10. The molecule has 0 aromatic carbocycles. The maximum atomic E-state index is 13.4. The molecule has 2 fully saturated rings. The number of nitrogens with two attached hydrogens (primary N) is 2.